The van der Waals surface area contributed by atoms with Crippen molar-refractivity contribution < 1.29 is 23.1 Å². The number of sulfonamides is 1. The molecule has 7 heteroatoms. The third-order valence-electron chi connectivity index (χ3n) is 4.24. The third kappa shape index (κ3) is 3.51. The van der Waals surface area contributed by atoms with Gasteiger partial charge in [-0.25, -0.2) is 8.42 Å². The Hall–Kier alpha value is -0.660. The van der Waals surface area contributed by atoms with Crippen LogP contribution in [0.15, 0.2) is 0 Å². The van der Waals surface area contributed by atoms with Crippen LogP contribution < -0.4 is 0 Å². The second-order valence-corrected chi connectivity index (χ2v) is 7.75. The lowest BCUT2D eigenvalue weighted by atomic mass is 9.91. The van der Waals surface area contributed by atoms with E-state index in [4.69, 9.17) is 0 Å². The number of rotatable bonds is 4. The Morgan fingerprint density at radius 1 is 1.30 bits per heavy atom. The molecule has 0 unspecified atom stereocenters. The molecule has 116 valence electrons. The summed E-state index contributed by atoms with van der Waals surface area (Å²) in [5, 5.41) is 9.67. The van der Waals surface area contributed by atoms with Crippen LogP contribution in [0.3, 0.4) is 0 Å². The van der Waals surface area contributed by atoms with Crippen LogP contribution in [0.5, 0.6) is 0 Å². The minimum Gasteiger partial charge on any atom is -0.468 e. The summed E-state index contributed by atoms with van der Waals surface area (Å²) in [5.74, 6) is -0.341. The first kappa shape index (κ1) is 15.7. The van der Waals surface area contributed by atoms with Crippen LogP contribution in [0, 0.1) is 5.92 Å². The van der Waals surface area contributed by atoms with Gasteiger partial charge in [0.05, 0.1) is 19.0 Å². The first-order chi connectivity index (χ1) is 9.44. The van der Waals surface area contributed by atoms with Crippen LogP contribution in [0.1, 0.15) is 38.5 Å². The van der Waals surface area contributed by atoms with Crippen LogP contribution in [0.4, 0.5) is 0 Å². The first-order valence-electron chi connectivity index (χ1n) is 7.19. The Labute approximate surface area is 120 Å². The van der Waals surface area contributed by atoms with Crippen LogP contribution in [-0.4, -0.2) is 55.4 Å². The van der Waals surface area contributed by atoms with E-state index >= 15 is 0 Å². The van der Waals surface area contributed by atoms with Crippen molar-refractivity contribution in [2.24, 2.45) is 5.92 Å². The maximum Gasteiger partial charge on any atom is 0.324 e. The van der Waals surface area contributed by atoms with Crippen LogP contribution in [0.2, 0.25) is 0 Å². The Morgan fingerprint density at radius 2 is 1.95 bits per heavy atom. The van der Waals surface area contributed by atoms with Gasteiger partial charge in [0, 0.05) is 13.0 Å². The number of esters is 1. The average Bonchev–Trinajstić information content (AvgIpc) is 2.81. The first-order valence-corrected chi connectivity index (χ1v) is 8.80. The number of nitrogens with zero attached hydrogens (tertiary/aromatic N) is 1. The molecule has 0 amide bonds. The van der Waals surface area contributed by atoms with Crippen molar-refractivity contribution in [1.29, 1.82) is 0 Å². The molecule has 2 rings (SSSR count). The third-order valence-corrected chi connectivity index (χ3v) is 6.25. The van der Waals surface area contributed by atoms with Crippen molar-refractivity contribution in [1.82, 2.24) is 4.31 Å². The molecule has 20 heavy (non-hydrogen) atoms. The molecule has 1 aliphatic carbocycles. The van der Waals surface area contributed by atoms with Gasteiger partial charge in [-0.1, -0.05) is 19.3 Å². The number of aliphatic hydroxyl groups is 1. The normalized spacial score (nSPS) is 29.5. The predicted octanol–water partition coefficient (Wildman–Crippen LogP) is 0.505. The van der Waals surface area contributed by atoms with E-state index in [2.05, 4.69) is 4.74 Å². The molecule has 0 radical (unpaired) electrons. The molecule has 0 bridgehead atoms. The highest BCUT2D eigenvalue weighted by atomic mass is 32.2. The van der Waals surface area contributed by atoms with Crippen molar-refractivity contribution in [3.8, 4) is 0 Å². The molecule has 0 aromatic rings. The summed E-state index contributed by atoms with van der Waals surface area (Å²) in [5.41, 5.74) is 0. The van der Waals surface area contributed by atoms with E-state index in [-0.39, 0.29) is 24.6 Å². The lowest BCUT2D eigenvalue weighted by Crippen LogP contribution is -2.43. The van der Waals surface area contributed by atoms with Gasteiger partial charge < -0.3 is 9.84 Å². The molecule has 1 saturated heterocycles. The van der Waals surface area contributed by atoms with Gasteiger partial charge in [0.2, 0.25) is 10.0 Å². The molecule has 1 aliphatic heterocycles. The largest absolute Gasteiger partial charge is 0.468 e. The van der Waals surface area contributed by atoms with Gasteiger partial charge in [-0.3, -0.25) is 4.79 Å². The second-order valence-electron chi connectivity index (χ2n) is 5.78. The maximum absolute atomic E-state index is 12.5. The zero-order chi connectivity index (χ0) is 14.8. The molecule has 1 heterocycles. The molecule has 2 atom stereocenters. The molecule has 0 aromatic carbocycles. The molecule has 1 N–H and O–H groups in total. The van der Waals surface area contributed by atoms with Crippen molar-refractivity contribution in [3.63, 3.8) is 0 Å². The maximum atomic E-state index is 12.5. The number of hydrogen-bond donors (Lipinski definition) is 1. The zero-order valence-corrected chi connectivity index (χ0v) is 12.6. The van der Waals surface area contributed by atoms with Gasteiger partial charge in [-0.05, 0) is 18.8 Å². The Kier molecular flexibility index (Phi) is 5.04. The molecular formula is C13H23NO5S. The highest BCUT2D eigenvalue weighted by Gasteiger charge is 2.44. The van der Waals surface area contributed by atoms with E-state index in [1.165, 1.54) is 13.5 Å². The lowest BCUT2D eigenvalue weighted by Gasteiger charge is -2.26. The van der Waals surface area contributed by atoms with Gasteiger partial charge in [0.1, 0.15) is 6.04 Å². The zero-order valence-electron chi connectivity index (χ0n) is 11.8. The fraction of sp³-hybridized carbons (Fsp3) is 0.923. The Balaban J connectivity index is 2.08. The summed E-state index contributed by atoms with van der Waals surface area (Å²) in [7, 11) is -2.29. The van der Waals surface area contributed by atoms with Gasteiger partial charge in [-0.15, -0.1) is 0 Å². The number of carbonyl (C=O) groups excluding carboxylic acids is 1. The number of methoxy groups -OCH3 is 1. The molecule has 0 spiro atoms. The van der Waals surface area contributed by atoms with Gasteiger partial charge >= 0.3 is 5.97 Å². The van der Waals surface area contributed by atoms with E-state index in [0.29, 0.717) is 0 Å². The number of carbonyl (C=O) groups is 1. The van der Waals surface area contributed by atoms with Crippen LogP contribution in [0.25, 0.3) is 0 Å². The van der Waals surface area contributed by atoms with E-state index < -0.39 is 28.1 Å². The predicted molar refractivity (Wildman–Crippen MR) is 73.5 cm³/mol. The number of hydrogen-bond acceptors (Lipinski definition) is 5. The quantitative estimate of drug-likeness (QED) is 0.765. The minimum absolute atomic E-state index is 0.00514. The molecule has 6 nitrogen and oxygen atoms in total. The summed E-state index contributed by atoms with van der Waals surface area (Å²) in [6, 6.07) is -0.872. The van der Waals surface area contributed by atoms with Gasteiger partial charge in [0.15, 0.2) is 0 Å². The van der Waals surface area contributed by atoms with E-state index in [1.807, 2.05) is 0 Å². The second kappa shape index (κ2) is 6.41. The molecule has 2 fully saturated rings. The highest BCUT2D eigenvalue weighted by Crippen LogP contribution is 2.29. The molecule has 1 saturated carbocycles. The van der Waals surface area contributed by atoms with Crippen molar-refractivity contribution >= 4 is 16.0 Å². The van der Waals surface area contributed by atoms with E-state index in [1.54, 1.807) is 0 Å². The number of β-amino-alcohol motifs (C(OH)–C–C–N with tert-alkyl or cyclic N) is 1. The summed E-state index contributed by atoms with van der Waals surface area (Å²) in [6.45, 7) is -0.00514. The average molecular weight is 305 g/mol. The smallest absolute Gasteiger partial charge is 0.324 e. The summed E-state index contributed by atoms with van der Waals surface area (Å²) in [4.78, 5) is 11.7. The minimum atomic E-state index is -3.52. The number of aliphatic hydroxyl groups excluding tert-OH is 1. The molecule has 0 aromatic heterocycles. The highest BCUT2D eigenvalue weighted by molar-refractivity contribution is 7.89. The monoisotopic (exact) mass is 305 g/mol. The van der Waals surface area contributed by atoms with Crippen LogP contribution in [-0.2, 0) is 19.6 Å². The van der Waals surface area contributed by atoms with E-state index in [0.717, 1.165) is 30.0 Å². The fourth-order valence-electron chi connectivity index (χ4n) is 3.19. The fourth-order valence-corrected chi connectivity index (χ4v) is 5.27. The topological polar surface area (TPSA) is 83.9 Å². The van der Waals surface area contributed by atoms with Crippen molar-refractivity contribution in [2.75, 3.05) is 19.4 Å². The lowest BCUT2D eigenvalue weighted by molar-refractivity contribution is -0.144. The summed E-state index contributed by atoms with van der Waals surface area (Å²) >= 11 is 0. The summed E-state index contributed by atoms with van der Waals surface area (Å²) < 4.78 is 30.7. The Bertz CT molecular complexity index is 444. The molecule has 2 aliphatic rings. The van der Waals surface area contributed by atoms with Crippen molar-refractivity contribution in [2.45, 2.75) is 50.7 Å². The summed E-state index contributed by atoms with van der Waals surface area (Å²) in [6.07, 6.45) is 4.50. The van der Waals surface area contributed by atoms with E-state index in [9.17, 15) is 18.3 Å². The number of ether oxygens (including phenoxy) is 1. The Morgan fingerprint density at radius 3 is 2.55 bits per heavy atom. The van der Waals surface area contributed by atoms with Gasteiger partial charge in [0.25, 0.3) is 0 Å². The van der Waals surface area contributed by atoms with Crippen LogP contribution >= 0.6 is 0 Å². The molecular weight excluding hydrogens is 282 g/mol. The SMILES string of the molecule is COC(=O)[C@@H]1C[C@H](O)CN1S(=O)(=O)CC1CCCCC1. The van der Waals surface area contributed by atoms with Crippen molar-refractivity contribution in [3.05, 3.63) is 0 Å². The standard InChI is InChI=1S/C13H23NO5S/c1-19-13(16)12-7-11(15)8-14(12)20(17,18)9-10-5-3-2-4-6-10/h10-12,15H,2-9H2,1H3/t11-,12-/m0/s1. The van der Waals surface area contributed by atoms with Gasteiger partial charge in [-0.2, -0.15) is 4.31 Å².